The van der Waals surface area contributed by atoms with Crippen molar-refractivity contribution in [1.29, 1.82) is 0 Å². The summed E-state index contributed by atoms with van der Waals surface area (Å²) in [4.78, 5) is 0. The van der Waals surface area contributed by atoms with E-state index in [1.165, 1.54) is 0 Å². The monoisotopic (exact) mass is 270 g/mol. The highest BCUT2D eigenvalue weighted by atomic mass is 32.1. The van der Waals surface area contributed by atoms with Crippen LogP contribution in [0.5, 0.6) is 0 Å². The lowest BCUT2D eigenvalue weighted by Crippen LogP contribution is -2.03. The molecule has 3 rings (SSSR count). The van der Waals surface area contributed by atoms with Crippen LogP contribution in [-0.4, -0.2) is 14.9 Å². The van der Waals surface area contributed by atoms with Gasteiger partial charge in [0.2, 0.25) is 0 Å². The minimum atomic E-state index is -0.556. The second-order valence-corrected chi connectivity index (χ2v) is 5.15. The molecule has 1 unspecified atom stereocenters. The molecule has 1 aromatic carbocycles. The van der Waals surface area contributed by atoms with Crippen molar-refractivity contribution in [3.05, 3.63) is 70.7 Å². The summed E-state index contributed by atoms with van der Waals surface area (Å²) in [5, 5.41) is 18.7. The van der Waals surface area contributed by atoms with Gasteiger partial charge in [0, 0.05) is 12.6 Å². The largest absolute Gasteiger partial charge is 0.386 e. The van der Waals surface area contributed by atoms with Crippen molar-refractivity contribution in [2.75, 3.05) is 0 Å². The van der Waals surface area contributed by atoms with Crippen molar-refractivity contribution in [1.82, 2.24) is 9.78 Å². The third-order valence-corrected chi connectivity index (χ3v) is 3.71. The van der Waals surface area contributed by atoms with Crippen LogP contribution in [0.1, 0.15) is 17.4 Å². The molecule has 0 aliphatic carbocycles. The molecule has 0 aliphatic heterocycles. The van der Waals surface area contributed by atoms with Crippen molar-refractivity contribution >= 4 is 11.3 Å². The van der Waals surface area contributed by atoms with Crippen LogP contribution in [0.2, 0.25) is 0 Å². The van der Waals surface area contributed by atoms with Gasteiger partial charge in [-0.2, -0.15) is 16.4 Å². The quantitative estimate of drug-likeness (QED) is 0.790. The summed E-state index contributed by atoms with van der Waals surface area (Å²) in [7, 11) is 0. The van der Waals surface area contributed by atoms with E-state index in [9.17, 15) is 5.11 Å². The zero-order chi connectivity index (χ0) is 13.1. The third-order valence-electron chi connectivity index (χ3n) is 2.98. The fourth-order valence-electron chi connectivity index (χ4n) is 1.98. The highest BCUT2D eigenvalue weighted by Crippen LogP contribution is 2.19. The molecule has 0 fully saturated rings. The van der Waals surface area contributed by atoms with Gasteiger partial charge < -0.3 is 5.11 Å². The predicted octanol–water partition coefficient (Wildman–Crippen LogP) is 3.21. The van der Waals surface area contributed by atoms with Crippen molar-refractivity contribution in [3.8, 4) is 5.69 Å². The van der Waals surface area contributed by atoms with Crippen LogP contribution in [0.3, 0.4) is 0 Å². The van der Waals surface area contributed by atoms with E-state index in [4.69, 9.17) is 0 Å². The van der Waals surface area contributed by atoms with Gasteiger partial charge in [-0.25, -0.2) is 4.68 Å². The third kappa shape index (κ3) is 2.75. The molecule has 0 spiro atoms. The van der Waals surface area contributed by atoms with Crippen LogP contribution in [-0.2, 0) is 6.42 Å². The van der Waals surface area contributed by atoms with Gasteiger partial charge in [0.15, 0.2) is 0 Å². The van der Waals surface area contributed by atoms with E-state index in [1.54, 1.807) is 16.0 Å². The van der Waals surface area contributed by atoms with Crippen molar-refractivity contribution in [3.63, 3.8) is 0 Å². The van der Waals surface area contributed by atoms with Crippen LogP contribution in [0.25, 0.3) is 5.69 Å². The fourth-order valence-corrected chi connectivity index (χ4v) is 2.66. The van der Waals surface area contributed by atoms with E-state index in [0.29, 0.717) is 12.1 Å². The Kier molecular flexibility index (Phi) is 3.44. The second-order valence-electron chi connectivity index (χ2n) is 4.37. The lowest BCUT2D eigenvalue weighted by Gasteiger charge is -2.06. The molecule has 96 valence electrons. The molecule has 19 heavy (non-hydrogen) atoms. The summed E-state index contributed by atoms with van der Waals surface area (Å²) in [6.07, 6.45) is 1.93. The Labute approximate surface area is 115 Å². The molecular weight excluding hydrogens is 256 g/mol. The number of benzene rings is 1. The smallest absolute Gasteiger partial charge is 0.102 e. The Bertz CT molecular complexity index is 631. The first-order valence-corrected chi connectivity index (χ1v) is 7.07. The molecule has 0 amide bonds. The maximum absolute atomic E-state index is 10.2. The predicted molar refractivity (Wildman–Crippen MR) is 76.5 cm³/mol. The van der Waals surface area contributed by atoms with E-state index in [0.717, 1.165) is 11.3 Å². The average molecular weight is 270 g/mol. The zero-order valence-electron chi connectivity index (χ0n) is 10.3. The Balaban J connectivity index is 1.78. The topological polar surface area (TPSA) is 38.0 Å². The molecule has 0 bridgehead atoms. The summed E-state index contributed by atoms with van der Waals surface area (Å²) in [5.74, 6) is 0. The van der Waals surface area contributed by atoms with Gasteiger partial charge in [-0.1, -0.05) is 18.2 Å². The molecule has 3 nitrogen and oxygen atoms in total. The summed E-state index contributed by atoms with van der Waals surface area (Å²) >= 11 is 1.64. The minimum Gasteiger partial charge on any atom is -0.386 e. The van der Waals surface area contributed by atoms with Gasteiger partial charge in [0.25, 0.3) is 0 Å². The molecular formula is C15H14N2OS. The molecule has 1 atom stereocenters. The molecule has 3 aromatic rings. The molecule has 0 aliphatic rings. The summed E-state index contributed by atoms with van der Waals surface area (Å²) in [6.45, 7) is 0. The number of thiophene rings is 1. The highest BCUT2D eigenvalue weighted by Gasteiger charge is 2.12. The summed E-state index contributed by atoms with van der Waals surface area (Å²) in [5.41, 5.74) is 2.85. The van der Waals surface area contributed by atoms with Crippen molar-refractivity contribution in [2.45, 2.75) is 12.5 Å². The zero-order valence-corrected chi connectivity index (χ0v) is 11.1. The van der Waals surface area contributed by atoms with Crippen LogP contribution in [0.4, 0.5) is 0 Å². The Morgan fingerprint density at radius 2 is 2.00 bits per heavy atom. The number of nitrogens with zero attached hydrogens (tertiary/aromatic N) is 2. The first-order valence-electron chi connectivity index (χ1n) is 6.13. The minimum absolute atomic E-state index is 0.556. The SMILES string of the molecule is OC(Cc1ccsc1)c1ccn(-c2ccccc2)n1. The molecule has 2 heterocycles. The number of aromatic nitrogens is 2. The highest BCUT2D eigenvalue weighted by molar-refractivity contribution is 7.07. The number of aliphatic hydroxyl groups is 1. The summed E-state index contributed by atoms with van der Waals surface area (Å²) < 4.78 is 1.78. The van der Waals surface area contributed by atoms with Crippen molar-refractivity contribution < 1.29 is 5.11 Å². The van der Waals surface area contributed by atoms with Crippen molar-refractivity contribution in [2.24, 2.45) is 0 Å². The van der Waals surface area contributed by atoms with E-state index in [2.05, 4.69) is 10.5 Å². The molecule has 0 saturated heterocycles. The normalized spacial score (nSPS) is 12.5. The summed E-state index contributed by atoms with van der Waals surface area (Å²) in [6, 6.07) is 13.8. The molecule has 0 radical (unpaired) electrons. The van der Waals surface area contributed by atoms with Gasteiger partial charge in [-0.15, -0.1) is 0 Å². The number of aliphatic hydroxyl groups excluding tert-OH is 1. The number of para-hydroxylation sites is 1. The van der Waals surface area contributed by atoms with Crippen LogP contribution >= 0.6 is 11.3 Å². The molecule has 0 saturated carbocycles. The van der Waals surface area contributed by atoms with E-state index in [-0.39, 0.29) is 0 Å². The van der Waals surface area contributed by atoms with Crippen LogP contribution < -0.4 is 0 Å². The lowest BCUT2D eigenvalue weighted by atomic mass is 10.1. The first-order chi connectivity index (χ1) is 9.33. The lowest BCUT2D eigenvalue weighted by molar-refractivity contribution is 0.173. The van der Waals surface area contributed by atoms with Gasteiger partial charge in [-0.05, 0) is 40.6 Å². The van der Waals surface area contributed by atoms with Gasteiger partial charge in [0.1, 0.15) is 6.10 Å². The average Bonchev–Trinajstić information content (AvgIpc) is 3.10. The molecule has 2 aromatic heterocycles. The maximum atomic E-state index is 10.2. The number of hydrogen-bond donors (Lipinski definition) is 1. The maximum Gasteiger partial charge on any atom is 0.102 e. The molecule has 1 N–H and O–H groups in total. The number of hydrogen-bond acceptors (Lipinski definition) is 3. The Morgan fingerprint density at radius 1 is 1.16 bits per heavy atom. The number of rotatable bonds is 4. The van der Waals surface area contributed by atoms with Gasteiger partial charge in [-0.3, -0.25) is 0 Å². The fraction of sp³-hybridized carbons (Fsp3) is 0.133. The Morgan fingerprint density at radius 3 is 2.74 bits per heavy atom. The van der Waals surface area contributed by atoms with E-state index in [1.807, 2.05) is 54.0 Å². The van der Waals surface area contributed by atoms with E-state index >= 15 is 0 Å². The van der Waals surface area contributed by atoms with Gasteiger partial charge in [0.05, 0.1) is 11.4 Å². The molecule has 4 heteroatoms. The second kappa shape index (κ2) is 5.38. The van der Waals surface area contributed by atoms with Gasteiger partial charge >= 0.3 is 0 Å². The van der Waals surface area contributed by atoms with Crippen LogP contribution in [0.15, 0.2) is 59.4 Å². The van der Waals surface area contributed by atoms with E-state index < -0.39 is 6.10 Å². The standard InChI is InChI=1S/C15H14N2OS/c18-15(10-12-7-9-19-11-12)14-6-8-17(16-14)13-4-2-1-3-5-13/h1-9,11,15,18H,10H2. The first kappa shape index (κ1) is 12.1. The Hall–Kier alpha value is -1.91. The van der Waals surface area contributed by atoms with Crippen LogP contribution in [0, 0.1) is 0 Å².